The zero-order chi connectivity index (χ0) is 15.4. The predicted octanol–water partition coefficient (Wildman–Crippen LogP) is 3.60. The third kappa shape index (κ3) is 3.68. The molecule has 1 aromatic rings. The fourth-order valence-electron chi connectivity index (χ4n) is 1.89. The van der Waals surface area contributed by atoms with E-state index in [0.29, 0.717) is 21.3 Å². The molecule has 1 amide bonds. The Labute approximate surface area is 132 Å². The Bertz CT molecular complexity index is 628. The van der Waals surface area contributed by atoms with Gasteiger partial charge >= 0.3 is 0 Å². The first-order valence-corrected chi connectivity index (χ1v) is 7.75. The van der Waals surface area contributed by atoms with Gasteiger partial charge in [0.05, 0.1) is 9.83 Å². The Hall–Kier alpha value is -1.73. The summed E-state index contributed by atoms with van der Waals surface area (Å²) in [6, 6.07) is 6.19. The van der Waals surface area contributed by atoms with Crippen molar-refractivity contribution in [1.82, 2.24) is 4.90 Å². The van der Waals surface area contributed by atoms with E-state index in [4.69, 9.17) is 12.2 Å². The fraction of sp³-hybridized carbons (Fsp3) is 0.286. The molecule has 7 heteroatoms. The summed E-state index contributed by atoms with van der Waals surface area (Å²) in [7, 11) is 0. The lowest BCUT2D eigenvalue weighted by Gasteiger charge is -2.12. The van der Waals surface area contributed by atoms with Crippen LogP contribution in [0.25, 0.3) is 6.08 Å². The number of nitro groups is 1. The van der Waals surface area contributed by atoms with Gasteiger partial charge in [0.15, 0.2) is 0 Å². The normalized spacial score (nSPS) is 16.8. The number of hydrogen-bond donors (Lipinski definition) is 0. The van der Waals surface area contributed by atoms with Crippen molar-refractivity contribution >= 4 is 46.0 Å². The van der Waals surface area contributed by atoms with Gasteiger partial charge in [-0.2, -0.15) is 0 Å². The van der Waals surface area contributed by atoms with Crippen LogP contribution in [0.2, 0.25) is 0 Å². The van der Waals surface area contributed by atoms with Gasteiger partial charge in [0, 0.05) is 18.7 Å². The second-order valence-electron chi connectivity index (χ2n) is 4.54. The predicted molar refractivity (Wildman–Crippen MR) is 87.9 cm³/mol. The summed E-state index contributed by atoms with van der Waals surface area (Å²) in [6.45, 7) is 2.67. The summed E-state index contributed by atoms with van der Waals surface area (Å²) >= 11 is 6.45. The van der Waals surface area contributed by atoms with Crippen LogP contribution in [0.1, 0.15) is 25.3 Å². The molecule has 110 valence electrons. The molecule has 0 spiro atoms. The second kappa shape index (κ2) is 6.82. The van der Waals surface area contributed by atoms with Gasteiger partial charge < -0.3 is 0 Å². The number of thiocarbonyl (C=S) groups is 1. The van der Waals surface area contributed by atoms with Crippen molar-refractivity contribution in [3.05, 3.63) is 44.8 Å². The van der Waals surface area contributed by atoms with Crippen molar-refractivity contribution in [1.29, 1.82) is 0 Å². The molecular formula is C14H14N2O3S2. The van der Waals surface area contributed by atoms with Gasteiger partial charge in [-0.1, -0.05) is 49.5 Å². The zero-order valence-corrected chi connectivity index (χ0v) is 13.1. The minimum Gasteiger partial charge on any atom is -0.293 e. The Morgan fingerprint density at radius 3 is 2.90 bits per heavy atom. The number of rotatable bonds is 5. The molecule has 0 N–H and O–H groups in total. The van der Waals surface area contributed by atoms with Crippen molar-refractivity contribution in [2.75, 3.05) is 6.54 Å². The Morgan fingerprint density at radius 1 is 1.48 bits per heavy atom. The maximum absolute atomic E-state index is 12.3. The van der Waals surface area contributed by atoms with Crippen LogP contribution in [0.15, 0.2) is 29.2 Å². The molecule has 2 rings (SSSR count). The fourth-order valence-corrected chi connectivity index (χ4v) is 3.20. The Balaban J connectivity index is 2.22. The molecule has 1 aliphatic rings. The molecule has 0 saturated carbocycles. The van der Waals surface area contributed by atoms with Crippen molar-refractivity contribution in [3.8, 4) is 0 Å². The van der Waals surface area contributed by atoms with Crippen LogP contribution in [-0.4, -0.2) is 26.6 Å². The van der Waals surface area contributed by atoms with E-state index >= 15 is 0 Å². The van der Waals surface area contributed by atoms with E-state index in [9.17, 15) is 14.9 Å². The van der Waals surface area contributed by atoms with Gasteiger partial charge in [-0.3, -0.25) is 19.8 Å². The molecule has 1 fully saturated rings. The lowest BCUT2D eigenvalue weighted by molar-refractivity contribution is -0.384. The van der Waals surface area contributed by atoms with E-state index in [0.717, 1.165) is 12.8 Å². The number of nitro benzene ring substituents is 1. The lowest BCUT2D eigenvalue weighted by atomic mass is 10.2. The average Bonchev–Trinajstić information content (AvgIpc) is 2.72. The zero-order valence-electron chi connectivity index (χ0n) is 11.4. The van der Waals surface area contributed by atoms with Crippen LogP contribution in [0.4, 0.5) is 5.69 Å². The minimum atomic E-state index is -0.455. The summed E-state index contributed by atoms with van der Waals surface area (Å²) in [4.78, 5) is 24.7. The van der Waals surface area contributed by atoms with Crippen LogP contribution in [-0.2, 0) is 4.79 Å². The average molecular weight is 322 g/mol. The van der Waals surface area contributed by atoms with Gasteiger partial charge in [-0.15, -0.1) is 0 Å². The highest BCUT2D eigenvalue weighted by atomic mass is 32.2. The summed E-state index contributed by atoms with van der Waals surface area (Å²) < 4.78 is 0.546. The first-order valence-electron chi connectivity index (χ1n) is 6.52. The van der Waals surface area contributed by atoms with E-state index < -0.39 is 4.92 Å². The van der Waals surface area contributed by atoms with E-state index in [1.807, 2.05) is 0 Å². The van der Waals surface area contributed by atoms with Crippen molar-refractivity contribution < 1.29 is 9.72 Å². The SMILES string of the molecule is CCCCN1C(=O)/C(=C\c2cccc([N+](=O)[O-])c2)SC1=S. The smallest absolute Gasteiger partial charge is 0.270 e. The maximum atomic E-state index is 12.3. The molecule has 5 nitrogen and oxygen atoms in total. The number of nitrogens with zero attached hydrogens (tertiary/aromatic N) is 2. The standard InChI is InChI=1S/C14H14N2O3S2/c1-2-3-7-15-13(17)12(21-14(15)20)9-10-5-4-6-11(8-10)16(18)19/h4-6,8-9H,2-3,7H2,1H3/b12-9+. The first-order chi connectivity index (χ1) is 10.0. The number of carbonyl (C=O) groups is 1. The van der Waals surface area contributed by atoms with Crippen molar-refractivity contribution in [2.45, 2.75) is 19.8 Å². The third-order valence-corrected chi connectivity index (χ3v) is 4.37. The quantitative estimate of drug-likeness (QED) is 0.359. The summed E-state index contributed by atoms with van der Waals surface area (Å²) in [5.74, 6) is -0.120. The Morgan fingerprint density at radius 2 is 2.24 bits per heavy atom. The number of hydrogen-bond acceptors (Lipinski definition) is 5. The van der Waals surface area contributed by atoms with Gasteiger partial charge in [-0.05, 0) is 18.1 Å². The number of amides is 1. The van der Waals surface area contributed by atoms with Gasteiger partial charge in [0.1, 0.15) is 4.32 Å². The Kier molecular flexibility index (Phi) is 5.08. The van der Waals surface area contributed by atoms with Crippen LogP contribution in [0.3, 0.4) is 0 Å². The van der Waals surface area contributed by atoms with Gasteiger partial charge in [0.2, 0.25) is 0 Å². The van der Waals surface area contributed by atoms with E-state index in [1.165, 1.54) is 23.9 Å². The van der Waals surface area contributed by atoms with Gasteiger partial charge in [0.25, 0.3) is 11.6 Å². The molecular weight excluding hydrogens is 308 g/mol. The molecule has 0 bridgehead atoms. The lowest BCUT2D eigenvalue weighted by Crippen LogP contribution is -2.28. The number of thioether (sulfide) groups is 1. The number of benzene rings is 1. The van der Waals surface area contributed by atoms with Crippen LogP contribution >= 0.6 is 24.0 Å². The van der Waals surface area contributed by atoms with Crippen LogP contribution in [0.5, 0.6) is 0 Å². The third-order valence-electron chi connectivity index (χ3n) is 2.99. The molecule has 1 aliphatic heterocycles. The maximum Gasteiger partial charge on any atom is 0.270 e. The second-order valence-corrected chi connectivity index (χ2v) is 6.21. The van der Waals surface area contributed by atoms with Crippen LogP contribution < -0.4 is 0 Å². The highest BCUT2D eigenvalue weighted by Crippen LogP contribution is 2.33. The van der Waals surface area contributed by atoms with Crippen LogP contribution in [0, 0.1) is 10.1 Å². The van der Waals surface area contributed by atoms with Crippen molar-refractivity contribution in [2.24, 2.45) is 0 Å². The molecule has 0 unspecified atom stereocenters. The molecule has 0 radical (unpaired) electrons. The first kappa shape index (κ1) is 15.7. The van der Waals surface area contributed by atoms with Gasteiger partial charge in [-0.25, -0.2) is 0 Å². The molecule has 1 saturated heterocycles. The largest absolute Gasteiger partial charge is 0.293 e. The molecule has 0 atom stereocenters. The number of unbranched alkanes of at least 4 members (excludes halogenated alkanes) is 1. The van der Waals surface area contributed by atoms with E-state index in [2.05, 4.69) is 6.92 Å². The molecule has 1 aromatic carbocycles. The highest BCUT2D eigenvalue weighted by molar-refractivity contribution is 8.26. The number of carbonyl (C=O) groups excluding carboxylic acids is 1. The monoisotopic (exact) mass is 322 g/mol. The van der Waals surface area contributed by atoms with E-state index in [-0.39, 0.29) is 11.6 Å². The minimum absolute atomic E-state index is 0.00483. The van der Waals surface area contributed by atoms with E-state index in [1.54, 1.807) is 23.1 Å². The van der Waals surface area contributed by atoms with Crippen molar-refractivity contribution in [3.63, 3.8) is 0 Å². The molecule has 1 heterocycles. The summed E-state index contributed by atoms with van der Waals surface area (Å²) in [5.41, 5.74) is 0.630. The topological polar surface area (TPSA) is 63.5 Å². The molecule has 0 aromatic heterocycles. The summed E-state index contributed by atoms with van der Waals surface area (Å²) in [6.07, 6.45) is 3.54. The summed E-state index contributed by atoms with van der Waals surface area (Å²) in [5, 5.41) is 10.8. The molecule has 21 heavy (non-hydrogen) atoms. The number of non-ortho nitro benzene ring substituents is 1. The highest BCUT2D eigenvalue weighted by Gasteiger charge is 2.31. The molecule has 0 aliphatic carbocycles.